The predicted octanol–water partition coefficient (Wildman–Crippen LogP) is 3.87. The number of anilines is 1. The molecular formula is C13H10Br2N2O2. The first-order valence-electron chi connectivity index (χ1n) is 5.37. The van der Waals surface area contributed by atoms with E-state index in [0.717, 1.165) is 4.47 Å². The Balaban J connectivity index is 2.29. The molecule has 4 nitrogen and oxygen atoms in total. The second-order valence-corrected chi connectivity index (χ2v) is 5.31. The molecule has 0 aliphatic rings. The van der Waals surface area contributed by atoms with Gasteiger partial charge in [0, 0.05) is 10.7 Å². The number of rotatable bonds is 3. The molecule has 98 valence electrons. The summed E-state index contributed by atoms with van der Waals surface area (Å²) in [4.78, 5) is 16.2. The van der Waals surface area contributed by atoms with Gasteiger partial charge in [0.1, 0.15) is 10.4 Å². The summed E-state index contributed by atoms with van der Waals surface area (Å²) in [6.45, 7) is 0. The van der Waals surface area contributed by atoms with Crippen LogP contribution in [-0.2, 0) is 0 Å². The van der Waals surface area contributed by atoms with Gasteiger partial charge < -0.3 is 10.1 Å². The topological polar surface area (TPSA) is 51.2 Å². The van der Waals surface area contributed by atoms with Gasteiger partial charge in [-0.25, -0.2) is 4.98 Å². The van der Waals surface area contributed by atoms with Crippen molar-refractivity contribution in [2.75, 3.05) is 12.4 Å². The molecule has 0 aliphatic carbocycles. The normalized spacial score (nSPS) is 10.1. The van der Waals surface area contributed by atoms with Crippen molar-refractivity contribution in [2.24, 2.45) is 0 Å². The molecular weight excluding hydrogens is 376 g/mol. The van der Waals surface area contributed by atoms with E-state index >= 15 is 0 Å². The number of carbonyl (C=O) groups excluding carboxylic acids is 1. The molecule has 1 aromatic heterocycles. The Morgan fingerprint density at radius 2 is 2.11 bits per heavy atom. The maximum atomic E-state index is 12.2. The molecule has 1 heterocycles. The third-order valence-electron chi connectivity index (χ3n) is 2.41. The number of nitrogens with zero attached hydrogens (tertiary/aromatic N) is 1. The molecule has 0 fully saturated rings. The monoisotopic (exact) mass is 384 g/mol. The van der Waals surface area contributed by atoms with Crippen molar-refractivity contribution in [2.45, 2.75) is 0 Å². The number of pyridine rings is 1. The van der Waals surface area contributed by atoms with Gasteiger partial charge in [0.25, 0.3) is 5.91 Å². The average Bonchev–Trinajstić information content (AvgIpc) is 2.39. The van der Waals surface area contributed by atoms with Crippen LogP contribution in [0.4, 0.5) is 5.69 Å². The average molecular weight is 386 g/mol. The SMILES string of the molecule is COc1ccc(Br)cc1NC(=O)c1cccnc1Br. The van der Waals surface area contributed by atoms with Crippen LogP contribution in [0.5, 0.6) is 5.75 Å². The van der Waals surface area contributed by atoms with Crippen molar-refractivity contribution in [1.82, 2.24) is 4.98 Å². The van der Waals surface area contributed by atoms with Gasteiger partial charge in [-0.2, -0.15) is 0 Å². The first-order valence-corrected chi connectivity index (χ1v) is 6.96. The molecule has 0 saturated heterocycles. The van der Waals surface area contributed by atoms with Crippen LogP contribution in [-0.4, -0.2) is 18.0 Å². The van der Waals surface area contributed by atoms with E-state index < -0.39 is 0 Å². The molecule has 2 aromatic rings. The number of benzene rings is 1. The van der Waals surface area contributed by atoms with Gasteiger partial charge in [-0.3, -0.25) is 4.79 Å². The van der Waals surface area contributed by atoms with Crippen LogP contribution >= 0.6 is 31.9 Å². The standard InChI is InChI=1S/C13H10Br2N2O2/c1-19-11-5-4-8(14)7-10(11)17-13(18)9-3-2-6-16-12(9)15/h2-7H,1H3,(H,17,18). The van der Waals surface area contributed by atoms with Gasteiger partial charge in [-0.05, 0) is 46.3 Å². The lowest BCUT2D eigenvalue weighted by molar-refractivity contribution is 0.102. The van der Waals surface area contributed by atoms with Crippen molar-refractivity contribution in [3.63, 3.8) is 0 Å². The molecule has 19 heavy (non-hydrogen) atoms. The lowest BCUT2D eigenvalue weighted by atomic mass is 10.2. The number of hydrogen-bond donors (Lipinski definition) is 1. The van der Waals surface area contributed by atoms with Crippen molar-refractivity contribution in [1.29, 1.82) is 0 Å². The second-order valence-electron chi connectivity index (χ2n) is 3.64. The van der Waals surface area contributed by atoms with Gasteiger partial charge >= 0.3 is 0 Å². The van der Waals surface area contributed by atoms with E-state index in [1.165, 1.54) is 0 Å². The summed E-state index contributed by atoms with van der Waals surface area (Å²) >= 11 is 6.61. The molecule has 1 amide bonds. The Kier molecular flexibility index (Phi) is 4.55. The zero-order valence-corrected chi connectivity index (χ0v) is 13.2. The first kappa shape index (κ1) is 14.0. The summed E-state index contributed by atoms with van der Waals surface area (Å²) in [6, 6.07) is 8.79. The third-order valence-corrected chi connectivity index (χ3v) is 3.54. The van der Waals surface area contributed by atoms with Crippen LogP contribution in [0.15, 0.2) is 45.6 Å². The summed E-state index contributed by atoms with van der Waals surface area (Å²) in [5, 5.41) is 2.80. The van der Waals surface area contributed by atoms with E-state index in [1.807, 2.05) is 6.07 Å². The minimum Gasteiger partial charge on any atom is -0.495 e. The van der Waals surface area contributed by atoms with Gasteiger partial charge in [0.05, 0.1) is 18.4 Å². The van der Waals surface area contributed by atoms with E-state index in [0.29, 0.717) is 21.6 Å². The summed E-state index contributed by atoms with van der Waals surface area (Å²) in [5.74, 6) is 0.341. The quantitative estimate of drug-likeness (QED) is 0.816. The highest BCUT2D eigenvalue weighted by atomic mass is 79.9. The van der Waals surface area contributed by atoms with Crippen LogP contribution in [0.25, 0.3) is 0 Å². The number of ether oxygens (including phenoxy) is 1. The van der Waals surface area contributed by atoms with Crippen LogP contribution in [0, 0.1) is 0 Å². The van der Waals surface area contributed by atoms with E-state index in [4.69, 9.17) is 4.74 Å². The third kappa shape index (κ3) is 3.33. The zero-order valence-electron chi connectivity index (χ0n) is 9.98. The van der Waals surface area contributed by atoms with Crippen LogP contribution in [0.1, 0.15) is 10.4 Å². The molecule has 0 bridgehead atoms. The summed E-state index contributed by atoms with van der Waals surface area (Å²) < 4.78 is 6.56. The van der Waals surface area contributed by atoms with E-state index in [-0.39, 0.29) is 5.91 Å². The van der Waals surface area contributed by atoms with Gasteiger partial charge in [-0.15, -0.1) is 0 Å². The maximum absolute atomic E-state index is 12.2. The van der Waals surface area contributed by atoms with Crippen molar-refractivity contribution < 1.29 is 9.53 Å². The van der Waals surface area contributed by atoms with Crippen LogP contribution in [0.2, 0.25) is 0 Å². The fourth-order valence-electron chi connectivity index (χ4n) is 1.52. The van der Waals surface area contributed by atoms with E-state index in [1.54, 1.807) is 37.6 Å². The number of aromatic nitrogens is 1. The molecule has 1 N–H and O–H groups in total. The number of carbonyl (C=O) groups is 1. The fourth-order valence-corrected chi connectivity index (χ4v) is 2.31. The number of nitrogens with one attached hydrogen (secondary N) is 1. The Hall–Kier alpha value is -1.40. The summed E-state index contributed by atoms with van der Waals surface area (Å²) in [7, 11) is 1.55. The Morgan fingerprint density at radius 3 is 2.79 bits per heavy atom. The Labute approximate surface area is 127 Å². The molecule has 0 spiro atoms. The fraction of sp³-hybridized carbons (Fsp3) is 0.0769. The van der Waals surface area contributed by atoms with Crippen molar-refractivity contribution >= 4 is 43.5 Å². The molecule has 6 heteroatoms. The lowest BCUT2D eigenvalue weighted by Gasteiger charge is -2.11. The van der Waals surface area contributed by atoms with E-state index in [2.05, 4.69) is 42.2 Å². The molecule has 2 rings (SSSR count). The highest BCUT2D eigenvalue weighted by Crippen LogP contribution is 2.28. The molecule has 0 atom stereocenters. The summed E-state index contributed by atoms with van der Waals surface area (Å²) in [5.41, 5.74) is 1.06. The molecule has 0 radical (unpaired) electrons. The van der Waals surface area contributed by atoms with Gasteiger partial charge in [0.2, 0.25) is 0 Å². The highest BCUT2D eigenvalue weighted by molar-refractivity contribution is 9.10. The van der Waals surface area contributed by atoms with Gasteiger partial charge in [0.15, 0.2) is 0 Å². The zero-order chi connectivity index (χ0) is 13.8. The lowest BCUT2D eigenvalue weighted by Crippen LogP contribution is -2.13. The Bertz CT molecular complexity index is 617. The summed E-state index contributed by atoms with van der Waals surface area (Å²) in [6.07, 6.45) is 1.61. The number of hydrogen-bond acceptors (Lipinski definition) is 3. The largest absolute Gasteiger partial charge is 0.495 e. The van der Waals surface area contributed by atoms with Crippen molar-refractivity contribution in [3.05, 3.63) is 51.2 Å². The highest BCUT2D eigenvalue weighted by Gasteiger charge is 2.13. The first-order chi connectivity index (χ1) is 9.11. The Morgan fingerprint density at radius 1 is 1.32 bits per heavy atom. The number of methoxy groups -OCH3 is 1. The smallest absolute Gasteiger partial charge is 0.258 e. The molecule has 1 aromatic carbocycles. The van der Waals surface area contributed by atoms with Gasteiger partial charge in [-0.1, -0.05) is 15.9 Å². The second kappa shape index (κ2) is 6.16. The minimum absolute atomic E-state index is 0.253. The maximum Gasteiger partial charge on any atom is 0.258 e. The molecule has 0 aliphatic heterocycles. The molecule has 0 saturated carbocycles. The predicted molar refractivity (Wildman–Crippen MR) is 80.6 cm³/mol. The van der Waals surface area contributed by atoms with Crippen LogP contribution < -0.4 is 10.1 Å². The van der Waals surface area contributed by atoms with Crippen LogP contribution in [0.3, 0.4) is 0 Å². The minimum atomic E-state index is -0.253. The van der Waals surface area contributed by atoms with E-state index in [9.17, 15) is 4.79 Å². The van der Waals surface area contributed by atoms with Crippen molar-refractivity contribution in [3.8, 4) is 5.75 Å². The number of amides is 1. The molecule has 0 unspecified atom stereocenters. The number of halogens is 2.